The Morgan fingerprint density at radius 3 is 2.29 bits per heavy atom. The number of piperidine rings is 1. The number of halogens is 1. The van der Waals surface area contributed by atoms with E-state index >= 15 is 0 Å². The zero-order valence-corrected chi connectivity index (χ0v) is 17.4. The third-order valence-electron chi connectivity index (χ3n) is 5.76. The molecule has 1 N–H and O–H groups in total. The molecule has 1 fully saturated rings. The quantitative estimate of drug-likeness (QED) is 0.453. The largest absolute Gasteiger partial charge is 0.508 e. The number of phenolic OH excluding ortho intramolecular Hbond substituents is 1. The molecule has 3 aromatic rings. The number of nitrogens with zero attached hydrogens (tertiary/aromatic N) is 2. The second kappa shape index (κ2) is 8.78. The van der Waals surface area contributed by atoms with Gasteiger partial charge in [0.15, 0.2) is 0 Å². The number of phenols is 1. The van der Waals surface area contributed by atoms with Crippen molar-refractivity contribution in [3.05, 3.63) is 111 Å². The van der Waals surface area contributed by atoms with Gasteiger partial charge in [-0.2, -0.15) is 0 Å². The van der Waals surface area contributed by atoms with Gasteiger partial charge in [-0.15, -0.1) is 0 Å². The van der Waals surface area contributed by atoms with Crippen molar-refractivity contribution in [1.29, 1.82) is 0 Å². The first-order valence-corrected chi connectivity index (χ1v) is 10.3. The molecule has 0 spiro atoms. The van der Waals surface area contributed by atoms with Crippen LogP contribution in [0.15, 0.2) is 78.9 Å². The van der Waals surface area contributed by atoms with Gasteiger partial charge in [-0.3, -0.25) is 14.9 Å². The summed E-state index contributed by atoms with van der Waals surface area (Å²) in [6.45, 7) is 0.255. The minimum atomic E-state index is -1.09. The van der Waals surface area contributed by atoms with Crippen LogP contribution in [0.2, 0.25) is 5.02 Å². The first-order valence-electron chi connectivity index (χ1n) is 9.96. The second-order valence-corrected chi connectivity index (χ2v) is 8.06. The van der Waals surface area contributed by atoms with Gasteiger partial charge in [0.2, 0.25) is 11.9 Å². The first-order chi connectivity index (χ1) is 15.0. The third kappa shape index (κ3) is 4.25. The van der Waals surface area contributed by atoms with Crippen molar-refractivity contribution in [3.63, 3.8) is 0 Å². The highest BCUT2D eigenvalue weighted by atomic mass is 35.5. The fourth-order valence-corrected chi connectivity index (χ4v) is 4.61. The Balaban J connectivity index is 1.83. The predicted molar refractivity (Wildman–Crippen MR) is 117 cm³/mol. The van der Waals surface area contributed by atoms with E-state index in [1.165, 1.54) is 12.1 Å². The summed E-state index contributed by atoms with van der Waals surface area (Å²) in [7, 11) is 0. The molecule has 0 aromatic heterocycles. The molecule has 7 heteroatoms. The van der Waals surface area contributed by atoms with Crippen LogP contribution in [-0.4, -0.2) is 26.9 Å². The maximum absolute atomic E-state index is 13.3. The van der Waals surface area contributed by atoms with Crippen LogP contribution in [-0.2, 0) is 11.3 Å². The number of aromatic hydroxyl groups is 1. The van der Waals surface area contributed by atoms with E-state index in [1.807, 2.05) is 30.3 Å². The zero-order chi connectivity index (χ0) is 22.0. The van der Waals surface area contributed by atoms with Crippen LogP contribution < -0.4 is 0 Å². The van der Waals surface area contributed by atoms with Gasteiger partial charge in [0.05, 0.1) is 5.92 Å². The van der Waals surface area contributed by atoms with Gasteiger partial charge in [-0.1, -0.05) is 72.3 Å². The van der Waals surface area contributed by atoms with Crippen molar-refractivity contribution >= 4 is 17.5 Å². The SMILES string of the molecule is O=C1C[C@@H](c2ccccc2Cl)[C@H]([N+](=O)[O-])[C@@H](c2ccc(O)cc2)N1Cc1ccccc1. The number of carbonyl (C=O) groups is 1. The van der Waals surface area contributed by atoms with Crippen LogP contribution in [0.3, 0.4) is 0 Å². The molecule has 1 aliphatic rings. The van der Waals surface area contributed by atoms with E-state index in [0.29, 0.717) is 16.1 Å². The highest BCUT2D eigenvalue weighted by Gasteiger charge is 2.51. The molecule has 31 heavy (non-hydrogen) atoms. The molecule has 0 saturated carbocycles. The molecule has 1 amide bonds. The van der Waals surface area contributed by atoms with Gasteiger partial charge in [-0.25, -0.2) is 0 Å². The van der Waals surface area contributed by atoms with Crippen molar-refractivity contribution in [1.82, 2.24) is 4.90 Å². The lowest BCUT2D eigenvalue weighted by atomic mass is 9.78. The Labute approximate surface area is 184 Å². The number of carbonyl (C=O) groups excluding carboxylic acids is 1. The highest BCUT2D eigenvalue weighted by Crippen LogP contribution is 2.44. The molecular weight excluding hydrogens is 416 g/mol. The molecule has 0 radical (unpaired) electrons. The lowest BCUT2D eigenvalue weighted by Crippen LogP contribution is -2.51. The molecule has 3 aromatic carbocycles. The molecular formula is C24H21ClN2O4. The molecule has 1 heterocycles. The summed E-state index contributed by atoms with van der Waals surface area (Å²) in [4.78, 5) is 27.0. The number of hydrogen-bond acceptors (Lipinski definition) is 4. The average Bonchev–Trinajstić information content (AvgIpc) is 2.76. The number of nitro groups is 1. The Bertz CT molecular complexity index is 1090. The molecule has 3 atom stereocenters. The van der Waals surface area contributed by atoms with E-state index in [-0.39, 0.29) is 29.5 Å². The molecule has 1 saturated heterocycles. The van der Waals surface area contributed by atoms with Crippen molar-refractivity contribution in [3.8, 4) is 5.75 Å². The van der Waals surface area contributed by atoms with Gasteiger partial charge in [-0.05, 0) is 34.9 Å². The van der Waals surface area contributed by atoms with Gasteiger partial charge in [0.25, 0.3) is 0 Å². The first kappa shape index (κ1) is 20.9. The summed E-state index contributed by atoms with van der Waals surface area (Å²) in [6, 6.07) is 20.7. The van der Waals surface area contributed by atoms with Crippen molar-refractivity contribution < 1.29 is 14.8 Å². The molecule has 4 rings (SSSR count). The van der Waals surface area contributed by atoms with E-state index in [9.17, 15) is 20.0 Å². The molecule has 0 bridgehead atoms. The topological polar surface area (TPSA) is 83.7 Å². The minimum absolute atomic E-state index is 0.00318. The van der Waals surface area contributed by atoms with E-state index in [1.54, 1.807) is 41.3 Å². The second-order valence-electron chi connectivity index (χ2n) is 7.65. The fraction of sp³-hybridized carbons (Fsp3) is 0.208. The Hall–Kier alpha value is -3.38. The number of benzene rings is 3. The van der Waals surface area contributed by atoms with Crippen LogP contribution in [0.4, 0.5) is 0 Å². The smallest absolute Gasteiger partial charge is 0.244 e. The number of hydrogen-bond donors (Lipinski definition) is 1. The summed E-state index contributed by atoms with van der Waals surface area (Å²) in [6.07, 6.45) is -0.00318. The van der Waals surface area contributed by atoms with Crippen LogP contribution in [0.5, 0.6) is 5.75 Å². The van der Waals surface area contributed by atoms with E-state index in [0.717, 1.165) is 5.56 Å². The van der Waals surface area contributed by atoms with E-state index in [4.69, 9.17) is 11.6 Å². The predicted octanol–water partition coefficient (Wildman–Crippen LogP) is 4.95. The van der Waals surface area contributed by atoms with E-state index in [2.05, 4.69) is 0 Å². The zero-order valence-electron chi connectivity index (χ0n) is 16.6. The van der Waals surface area contributed by atoms with E-state index < -0.39 is 18.0 Å². The maximum atomic E-state index is 13.3. The summed E-state index contributed by atoms with van der Waals surface area (Å²) in [5, 5.41) is 22.5. The molecule has 158 valence electrons. The standard InChI is InChI=1S/C24H21ClN2O4/c25-21-9-5-4-8-19(21)20-14-22(29)26(15-16-6-2-1-3-7-16)23(24(20)27(30)31)17-10-12-18(28)13-11-17/h1-13,20,23-24,28H,14-15H2/t20-,23+,24-/m0/s1. The Morgan fingerprint density at radius 1 is 1.00 bits per heavy atom. The van der Waals surface area contributed by atoms with Crippen LogP contribution in [0.1, 0.15) is 35.1 Å². The van der Waals surface area contributed by atoms with Crippen molar-refractivity contribution in [2.24, 2.45) is 0 Å². The third-order valence-corrected chi connectivity index (χ3v) is 6.11. The number of rotatable bonds is 5. The van der Waals surface area contributed by atoms with Crippen LogP contribution >= 0.6 is 11.6 Å². The fourth-order valence-electron chi connectivity index (χ4n) is 4.33. The van der Waals surface area contributed by atoms with Crippen LogP contribution in [0, 0.1) is 10.1 Å². The lowest BCUT2D eigenvalue weighted by molar-refractivity contribution is -0.537. The number of likely N-dealkylation sites (tertiary alicyclic amines) is 1. The molecule has 0 unspecified atom stereocenters. The molecule has 6 nitrogen and oxygen atoms in total. The summed E-state index contributed by atoms with van der Waals surface area (Å²) in [5.74, 6) is -0.784. The highest BCUT2D eigenvalue weighted by molar-refractivity contribution is 6.31. The van der Waals surface area contributed by atoms with Gasteiger partial charge >= 0.3 is 0 Å². The van der Waals surface area contributed by atoms with Crippen LogP contribution in [0.25, 0.3) is 0 Å². The Kier molecular flexibility index (Phi) is 5.91. The monoisotopic (exact) mass is 436 g/mol. The summed E-state index contributed by atoms with van der Waals surface area (Å²) >= 11 is 6.38. The normalized spacial score (nSPS) is 21.1. The summed E-state index contributed by atoms with van der Waals surface area (Å²) in [5.41, 5.74) is 2.08. The molecule has 1 aliphatic heterocycles. The van der Waals surface area contributed by atoms with Gasteiger partial charge in [0, 0.05) is 22.9 Å². The average molecular weight is 437 g/mol. The maximum Gasteiger partial charge on any atom is 0.244 e. The van der Waals surface area contributed by atoms with Crippen molar-refractivity contribution in [2.45, 2.75) is 31.0 Å². The Morgan fingerprint density at radius 2 is 1.65 bits per heavy atom. The van der Waals surface area contributed by atoms with Gasteiger partial charge < -0.3 is 10.0 Å². The summed E-state index contributed by atoms with van der Waals surface area (Å²) < 4.78 is 0. The van der Waals surface area contributed by atoms with Crippen molar-refractivity contribution in [2.75, 3.05) is 0 Å². The number of amides is 1. The minimum Gasteiger partial charge on any atom is -0.508 e. The molecule has 0 aliphatic carbocycles. The lowest BCUT2D eigenvalue weighted by Gasteiger charge is -2.41. The van der Waals surface area contributed by atoms with Gasteiger partial charge in [0.1, 0.15) is 11.8 Å².